The van der Waals surface area contributed by atoms with Crippen molar-refractivity contribution in [3.05, 3.63) is 42.2 Å². The fourth-order valence-electron chi connectivity index (χ4n) is 5.43. The number of hydrogen-bond acceptors (Lipinski definition) is 8. The minimum atomic E-state index is 0.124. The Morgan fingerprint density at radius 2 is 2.00 bits per heavy atom. The zero-order chi connectivity index (χ0) is 24.4. The molecule has 2 fully saturated rings. The molecule has 8 heteroatoms. The first-order chi connectivity index (χ1) is 17.1. The van der Waals surface area contributed by atoms with Gasteiger partial charge in [-0.15, -0.1) is 0 Å². The van der Waals surface area contributed by atoms with E-state index in [0.29, 0.717) is 18.4 Å². The Balaban J connectivity index is 1.42. The number of aromatic nitrogens is 3. The summed E-state index contributed by atoms with van der Waals surface area (Å²) in [6, 6.07) is 8.86. The molecule has 0 saturated carbocycles. The standard InChI is InChI=1S/C27H36N6OS/c1-18-5-4-11-32(15-18)27-28-10-8-25(31-27)30-26-13-22-20(9-12-34)6-7-24(23(22)14-29-26)33-16-21(17-35-3)19(33)2/h6-8,10,13-14,18-19,21,34H,4-5,9,11-12,15-17H2,1-3H3,(H,28,29,30,31)/t18?,19?,21-/m0/s1. The Hall–Kier alpha value is -2.58. The van der Waals surface area contributed by atoms with Gasteiger partial charge in [-0.1, -0.05) is 13.0 Å². The monoisotopic (exact) mass is 492 g/mol. The van der Waals surface area contributed by atoms with Gasteiger partial charge < -0.3 is 20.2 Å². The molecule has 0 bridgehead atoms. The lowest BCUT2D eigenvalue weighted by molar-refractivity contribution is 0.300. The summed E-state index contributed by atoms with van der Waals surface area (Å²) in [6.07, 6.45) is 9.03. The summed E-state index contributed by atoms with van der Waals surface area (Å²) in [4.78, 5) is 18.8. The van der Waals surface area contributed by atoms with Crippen molar-refractivity contribution in [1.29, 1.82) is 0 Å². The van der Waals surface area contributed by atoms with Crippen LogP contribution in [0.4, 0.5) is 23.3 Å². The highest BCUT2D eigenvalue weighted by Gasteiger charge is 2.35. The van der Waals surface area contributed by atoms with Crippen molar-refractivity contribution in [3.8, 4) is 0 Å². The number of anilines is 4. The van der Waals surface area contributed by atoms with Crippen LogP contribution < -0.4 is 15.1 Å². The van der Waals surface area contributed by atoms with Gasteiger partial charge in [0.15, 0.2) is 0 Å². The number of benzene rings is 1. The third-order valence-electron chi connectivity index (χ3n) is 7.48. The highest BCUT2D eigenvalue weighted by Crippen LogP contribution is 2.38. The Morgan fingerprint density at radius 1 is 1.11 bits per heavy atom. The van der Waals surface area contributed by atoms with Crippen LogP contribution in [-0.2, 0) is 6.42 Å². The first kappa shape index (κ1) is 24.1. The van der Waals surface area contributed by atoms with Crippen molar-refractivity contribution in [2.75, 3.05) is 53.4 Å². The molecule has 0 aliphatic carbocycles. The second kappa shape index (κ2) is 10.6. The van der Waals surface area contributed by atoms with Crippen molar-refractivity contribution >= 4 is 45.8 Å². The molecule has 2 aliphatic rings. The largest absolute Gasteiger partial charge is 0.396 e. The Morgan fingerprint density at radius 3 is 2.77 bits per heavy atom. The van der Waals surface area contributed by atoms with E-state index in [0.717, 1.165) is 59.5 Å². The molecule has 2 aromatic heterocycles. The fraction of sp³-hybridized carbons (Fsp3) is 0.519. The molecule has 35 heavy (non-hydrogen) atoms. The molecular weight excluding hydrogens is 456 g/mol. The van der Waals surface area contributed by atoms with Crippen molar-refractivity contribution < 1.29 is 5.11 Å². The van der Waals surface area contributed by atoms with Crippen LogP contribution in [0.25, 0.3) is 10.8 Å². The third-order valence-corrected chi connectivity index (χ3v) is 8.24. The first-order valence-corrected chi connectivity index (χ1v) is 14.1. The number of hydrogen-bond donors (Lipinski definition) is 2. The number of nitrogens with zero attached hydrogens (tertiary/aromatic N) is 5. The summed E-state index contributed by atoms with van der Waals surface area (Å²) >= 11 is 1.92. The molecule has 3 aromatic rings. The van der Waals surface area contributed by atoms with Crippen LogP contribution >= 0.6 is 11.8 Å². The molecule has 5 rings (SSSR count). The summed E-state index contributed by atoms with van der Waals surface area (Å²) in [5.74, 6) is 4.86. The summed E-state index contributed by atoms with van der Waals surface area (Å²) in [7, 11) is 0. The molecule has 4 heterocycles. The van der Waals surface area contributed by atoms with Crippen LogP contribution in [0.5, 0.6) is 0 Å². The number of thioether (sulfide) groups is 1. The number of nitrogens with one attached hydrogen (secondary N) is 1. The van der Waals surface area contributed by atoms with Crippen molar-refractivity contribution in [1.82, 2.24) is 15.0 Å². The van der Waals surface area contributed by atoms with Gasteiger partial charge in [0, 0.05) is 61.7 Å². The van der Waals surface area contributed by atoms with Crippen molar-refractivity contribution in [2.45, 2.75) is 39.2 Å². The van der Waals surface area contributed by atoms with E-state index in [-0.39, 0.29) is 6.61 Å². The summed E-state index contributed by atoms with van der Waals surface area (Å²) in [5.41, 5.74) is 2.37. The lowest BCUT2D eigenvalue weighted by atomic mass is 9.89. The van der Waals surface area contributed by atoms with Gasteiger partial charge in [0.1, 0.15) is 11.6 Å². The average Bonchev–Trinajstić information content (AvgIpc) is 2.87. The highest BCUT2D eigenvalue weighted by atomic mass is 32.2. The van der Waals surface area contributed by atoms with Crippen LogP contribution in [0.15, 0.2) is 36.7 Å². The Bertz CT molecular complexity index is 1170. The van der Waals surface area contributed by atoms with E-state index in [9.17, 15) is 5.11 Å². The molecule has 3 atom stereocenters. The normalized spacial score (nSPS) is 22.3. The molecule has 2 unspecified atom stereocenters. The highest BCUT2D eigenvalue weighted by molar-refractivity contribution is 7.98. The molecule has 0 spiro atoms. The maximum atomic E-state index is 9.66. The van der Waals surface area contributed by atoms with Gasteiger partial charge >= 0.3 is 0 Å². The molecule has 2 aliphatic heterocycles. The molecule has 0 amide bonds. The molecule has 186 valence electrons. The molecule has 1 aromatic carbocycles. The minimum absolute atomic E-state index is 0.124. The van der Waals surface area contributed by atoms with E-state index in [2.05, 4.69) is 58.4 Å². The Labute approximate surface area is 212 Å². The van der Waals surface area contributed by atoms with Gasteiger partial charge in [0.05, 0.1) is 0 Å². The number of pyridine rings is 1. The van der Waals surface area contributed by atoms with E-state index in [1.165, 1.54) is 24.3 Å². The van der Waals surface area contributed by atoms with Crippen LogP contribution in [0.2, 0.25) is 0 Å². The number of rotatable bonds is 8. The number of piperidine rings is 1. The third kappa shape index (κ3) is 5.05. The summed E-state index contributed by atoms with van der Waals surface area (Å²) < 4.78 is 0. The smallest absolute Gasteiger partial charge is 0.227 e. The molecule has 7 nitrogen and oxygen atoms in total. The second-order valence-electron chi connectivity index (χ2n) is 10.0. The summed E-state index contributed by atoms with van der Waals surface area (Å²) in [6.45, 7) is 7.81. The number of fused-ring (bicyclic) bond motifs is 1. The molecular formula is C27H36N6OS. The van der Waals surface area contributed by atoms with Gasteiger partial charge in [-0.25, -0.2) is 9.97 Å². The first-order valence-electron chi connectivity index (χ1n) is 12.7. The topological polar surface area (TPSA) is 77.4 Å². The predicted octanol–water partition coefficient (Wildman–Crippen LogP) is 4.73. The molecule has 2 N–H and O–H groups in total. The average molecular weight is 493 g/mol. The van der Waals surface area contributed by atoms with E-state index < -0.39 is 0 Å². The van der Waals surface area contributed by atoms with Gasteiger partial charge in [0.25, 0.3) is 0 Å². The van der Waals surface area contributed by atoms with E-state index >= 15 is 0 Å². The van der Waals surface area contributed by atoms with Gasteiger partial charge in [-0.05, 0) is 73.3 Å². The van der Waals surface area contributed by atoms with E-state index in [4.69, 9.17) is 9.97 Å². The predicted molar refractivity (Wildman–Crippen MR) is 147 cm³/mol. The maximum absolute atomic E-state index is 9.66. The lowest BCUT2D eigenvalue weighted by Crippen LogP contribution is -2.55. The quantitative estimate of drug-likeness (QED) is 0.467. The van der Waals surface area contributed by atoms with Gasteiger partial charge in [0.2, 0.25) is 5.95 Å². The SMILES string of the molecule is CSC[C@@H]1CN(c2ccc(CCO)c3cc(Nc4ccnc(N5CCCC(C)C5)n4)ncc23)C1C. The van der Waals surface area contributed by atoms with Crippen LogP contribution in [0.3, 0.4) is 0 Å². The van der Waals surface area contributed by atoms with E-state index in [1.807, 2.05) is 30.2 Å². The maximum Gasteiger partial charge on any atom is 0.227 e. The van der Waals surface area contributed by atoms with E-state index in [1.54, 1.807) is 0 Å². The van der Waals surface area contributed by atoms with Gasteiger partial charge in [-0.2, -0.15) is 16.7 Å². The number of aliphatic hydroxyl groups excluding tert-OH is 1. The van der Waals surface area contributed by atoms with Crippen LogP contribution in [-0.4, -0.2) is 64.4 Å². The summed E-state index contributed by atoms with van der Waals surface area (Å²) in [5, 5.41) is 15.3. The van der Waals surface area contributed by atoms with Crippen molar-refractivity contribution in [2.24, 2.45) is 11.8 Å². The lowest BCUT2D eigenvalue weighted by Gasteiger charge is -2.48. The fourth-order valence-corrected chi connectivity index (χ4v) is 6.24. The molecule has 0 radical (unpaired) electrons. The Kier molecular flexibility index (Phi) is 7.29. The molecule has 2 saturated heterocycles. The number of aliphatic hydroxyl groups is 1. The van der Waals surface area contributed by atoms with Crippen molar-refractivity contribution in [3.63, 3.8) is 0 Å². The van der Waals surface area contributed by atoms with Gasteiger partial charge in [-0.3, -0.25) is 0 Å². The van der Waals surface area contributed by atoms with Crippen LogP contribution in [0, 0.1) is 11.8 Å². The zero-order valence-corrected chi connectivity index (χ0v) is 21.8. The zero-order valence-electron chi connectivity index (χ0n) is 20.9. The minimum Gasteiger partial charge on any atom is -0.396 e. The van der Waals surface area contributed by atoms with Crippen LogP contribution in [0.1, 0.15) is 32.3 Å². The second-order valence-corrected chi connectivity index (χ2v) is 10.9.